The number of aromatic nitrogens is 5. The highest BCUT2D eigenvalue weighted by atomic mass is 32.1. The maximum absolute atomic E-state index is 14.3. The summed E-state index contributed by atoms with van der Waals surface area (Å²) in [5, 5.41) is 16.1. The second-order valence-corrected chi connectivity index (χ2v) is 4.85. The van der Waals surface area contributed by atoms with E-state index in [1.54, 1.807) is 30.6 Å². The Morgan fingerprint density at radius 1 is 1.45 bits per heavy atom. The zero-order valence-electron chi connectivity index (χ0n) is 11.1. The van der Waals surface area contributed by atoms with Crippen LogP contribution in [0.2, 0.25) is 0 Å². The molecule has 0 aliphatic rings. The average molecular weight is 318 g/mol. The molecule has 0 saturated carbocycles. The number of benzene rings is 1. The first-order valence-electron chi connectivity index (χ1n) is 6.30. The largest absolute Gasteiger partial charge is 0.335 e. The molecule has 2 heterocycles. The summed E-state index contributed by atoms with van der Waals surface area (Å²) in [7, 11) is 0. The third kappa shape index (κ3) is 2.84. The summed E-state index contributed by atoms with van der Waals surface area (Å²) in [4.78, 5) is 11.2. The van der Waals surface area contributed by atoms with Gasteiger partial charge in [0, 0.05) is 12.4 Å². The standard InChI is InChI=1S/C13H11FN6OS/c14-9-6-8(2-3-11(9)20-5-1-4-16-20)12(17-13(21)22)10-7-15-19-18-10/h1-7,12H,(H,15,18,19)(H2,17,21,22). The van der Waals surface area contributed by atoms with E-state index in [-0.39, 0.29) is 0 Å². The lowest BCUT2D eigenvalue weighted by Crippen LogP contribution is -2.25. The summed E-state index contributed by atoms with van der Waals surface area (Å²) in [5.74, 6) is -0.469. The minimum Gasteiger partial charge on any atom is -0.335 e. The van der Waals surface area contributed by atoms with Crippen LogP contribution < -0.4 is 5.32 Å². The van der Waals surface area contributed by atoms with Crippen LogP contribution in [0.3, 0.4) is 0 Å². The first-order valence-corrected chi connectivity index (χ1v) is 6.74. The number of halogens is 1. The molecule has 3 rings (SSSR count). The van der Waals surface area contributed by atoms with Crippen molar-refractivity contribution >= 4 is 17.9 Å². The summed E-state index contributed by atoms with van der Waals surface area (Å²) < 4.78 is 15.7. The lowest BCUT2D eigenvalue weighted by molar-refractivity contribution is 0.259. The quantitative estimate of drug-likeness (QED) is 0.641. The molecule has 1 amide bonds. The molecule has 1 atom stereocenters. The van der Waals surface area contributed by atoms with E-state index in [1.807, 2.05) is 0 Å². The van der Waals surface area contributed by atoms with Crippen LogP contribution in [-0.4, -0.2) is 30.4 Å². The number of carbonyl (C=O) groups is 1. The molecule has 112 valence electrons. The first-order chi connectivity index (χ1) is 10.6. The number of hydrogen-bond acceptors (Lipinski definition) is 4. The number of rotatable bonds is 4. The Morgan fingerprint density at radius 2 is 2.32 bits per heavy atom. The number of thiol groups is 1. The predicted octanol–water partition coefficient (Wildman–Crippen LogP) is 1.86. The number of nitrogens with zero attached hydrogens (tertiary/aromatic N) is 4. The minimum atomic E-state index is -0.648. The van der Waals surface area contributed by atoms with Crippen LogP contribution in [0.5, 0.6) is 0 Å². The number of carbonyl (C=O) groups excluding carboxylic acids is 1. The van der Waals surface area contributed by atoms with E-state index in [9.17, 15) is 9.18 Å². The lowest BCUT2D eigenvalue weighted by Gasteiger charge is -2.16. The fourth-order valence-corrected chi connectivity index (χ4v) is 2.23. The van der Waals surface area contributed by atoms with Crippen LogP contribution in [0.1, 0.15) is 17.3 Å². The average Bonchev–Trinajstić information content (AvgIpc) is 3.17. The fraction of sp³-hybridized carbons (Fsp3) is 0.0769. The molecule has 0 spiro atoms. The van der Waals surface area contributed by atoms with Crippen molar-refractivity contribution in [1.82, 2.24) is 30.5 Å². The molecular formula is C13H11FN6OS. The van der Waals surface area contributed by atoms with Crippen LogP contribution in [-0.2, 0) is 0 Å². The molecule has 22 heavy (non-hydrogen) atoms. The molecule has 0 radical (unpaired) electrons. The molecular weight excluding hydrogens is 307 g/mol. The molecule has 0 fully saturated rings. The fourth-order valence-electron chi connectivity index (χ4n) is 2.10. The minimum absolute atomic E-state index is 0.310. The molecule has 9 heteroatoms. The molecule has 0 aliphatic carbocycles. The van der Waals surface area contributed by atoms with Gasteiger partial charge in [-0.1, -0.05) is 18.7 Å². The molecule has 2 aromatic heterocycles. The summed E-state index contributed by atoms with van der Waals surface area (Å²) in [6.07, 6.45) is 4.66. The van der Waals surface area contributed by atoms with Gasteiger partial charge in [-0.05, 0) is 23.8 Å². The van der Waals surface area contributed by atoms with E-state index in [4.69, 9.17) is 0 Å². The van der Waals surface area contributed by atoms with Crippen LogP contribution in [0.15, 0.2) is 42.9 Å². The normalized spacial score (nSPS) is 12.1. The number of hydrogen-bond donors (Lipinski definition) is 3. The number of amides is 1. The van der Waals surface area contributed by atoms with Crippen LogP contribution in [0.25, 0.3) is 5.69 Å². The van der Waals surface area contributed by atoms with Crippen LogP contribution in [0, 0.1) is 5.82 Å². The lowest BCUT2D eigenvalue weighted by atomic mass is 10.0. The summed E-state index contributed by atoms with van der Waals surface area (Å²) in [6, 6.07) is 5.63. The molecule has 0 aliphatic heterocycles. The zero-order valence-corrected chi connectivity index (χ0v) is 12.0. The number of nitrogens with one attached hydrogen (secondary N) is 2. The molecule has 0 bridgehead atoms. The second-order valence-electron chi connectivity index (χ2n) is 4.44. The highest BCUT2D eigenvalue weighted by Crippen LogP contribution is 2.23. The Balaban J connectivity index is 1.98. The smallest absolute Gasteiger partial charge is 0.276 e. The van der Waals surface area contributed by atoms with Crippen molar-refractivity contribution in [1.29, 1.82) is 0 Å². The van der Waals surface area contributed by atoms with Crippen molar-refractivity contribution in [2.24, 2.45) is 0 Å². The maximum Gasteiger partial charge on any atom is 0.276 e. The van der Waals surface area contributed by atoms with Gasteiger partial charge in [0.2, 0.25) is 0 Å². The van der Waals surface area contributed by atoms with Gasteiger partial charge in [0.25, 0.3) is 5.24 Å². The van der Waals surface area contributed by atoms with Gasteiger partial charge in [-0.15, -0.1) is 0 Å². The van der Waals surface area contributed by atoms with Gasteiger partial charge in [0.15, 0.2) is 0 Å². The van der Waals surface area contributed by atoms with Gasteiger partial charge in [0.05, 0.1) is 6.20 Å². The topological polar surface area (TPSA) is 88.5 Å². The second kappa shape index (κ2) is 5.98. The third-order valence-corrected chi connectivity index (χ3v) is 3.18. The zero-order chi connectivity index (χ0) is 15.5. The van der Waals surface area contributed by atoms with Crippen molar-refractivity contribution in [3.05, 3.63) is 59.9 Å². The van der Waals surface area contributed by atoms with Crippen LogP contribution >= 0.6 is 12.6 Å². The van der Waals surface area contributed by atoms with E-state index in [1.165, 1.54) is 16.9 Å². The Kier molecular flexibility index (Phi) is 3.88. The Labute approximate surface area is 130 Å². The van der Waals surface area contributed by atoms with Crippen LogP contribution in [0.4, 0.5) is 9.18 Å². The van der Waals surface area contributed by atoms with E-state index < -0.39 is 17.1 Å². The number of H-pyrrole nitrogens is 1. The van der Waals surface area contributed by atoms with Crippen molar-refractivity contribution < 1.29 is 9.18 Å². The first kappa shape index (κ1) is 14.3. The monoisotopic (exact) mass is 318 g/mol. The van der Waals surface area contributed by atoms with E-state index >= 15 is 0 Å². The molecule has 0 saturated heterocycles. The van der Waals surface area contributed by atoms with Crippen molar-refractivity contribution in [2.75, 3.05) is 0 Å². The van der Waals surface area contributed by atoms with Crippen molar-refractivity contribution in [2.45, 2.75) is 6.04 Å². The molecule has 2 N–H and O–H groups in total. The highest BCUT2D eigenvalue weighted by molar-refractivity contribution is 7.96. The highest BCUT2D eigenvalue weighted by Gasteiger charge is 2.20. The van der Waals surface area contributed by atoms with Gasteiger partial charge >= 0.3 is 0 Å². The van der Waals surface area contributed by atoms with Crippen molar-refractivity contribution in [3.63, 3.8) is 0 Å². The molecule has 1 aromatic carbocycles. The summed E-state index contributed by atoms with van der Waals surface area (Å²) in [5.41, 5.74) is 1.28. The molecule has 3 aromatic rings. The molecule has 7 nitrogen and oxygen atoms in total. The predicted molar refractivity (Wildman–Crippen MR) is 79.3 cm³/mol. The Morgan fingerprint density at radius 3 is 2.91 bits per heavy atom. The maximum atomic E-state index is 14.3. The van der Waals surface area contributed by atoms with Gasteiger partial charge in [-0.25, -0.2) is 9.07 Å². The van der Waals surface area contributed by atoms with Crippen molar-refractivity contribution in [3.8, 4) is 5.69 Å². The van der Waals surface area contributed by atoms with E-state index in [0.717, 1.165) is 0 Å². The van der Waals surface area contributed by atoms with E-state index in [2.05, 4.69) is 38.5 Å². The van der Waals surface area contributed by atoms with E-state index in [0.29, 0.717) is 16.9 Å². The third-order valence-electron chi connectivity index (χ3n) is 3.05. The van der Waals surface area contributed by atoms with Gasteiger partial charge in [-0.2, -0.15) is 20.5 Å². The van der Waals surface area contributed by atoms with Gasteiger partial charge in [0.1, 0.15) is 23.2 Å². The Bertz CT molecular complexity index is 774. The summed E-state index contributed by atoms with van der Waals surface area (Å²) >= 11 is 3.70. The van der Waals surface area contributed by atoms with Gasteiger partial charge in [-0.3, -0.25) is 4.79 Å². The Hall–Kier alpha value is -2.68. The van der Waals surface area contributed by atoms with Gasteiger partial charge < -0.3 is 5.32 Å². The summed E-state index contributed by atoms with van der Waals surface area (Å²) in [6.45, 7) is 0. The molecule has 1 unspecified atom stereocenters. The SMILES string of the molecule is O=C(S)NC(c1ccc(-n2cccn2)c(F)c1)c1cn[nH]n1. The number of aromatic amines is 1.